The van der Waals surface area contributed by atoms with Gasteiger partial charge in [-0.3, -0.25) is 4.79 Å². The second-order valence-corrected chi connectivity index (χ2v) is 5.70. The van der Waals surface area contributed by atoms with Gasteiger partial charge < -0.3 is 5.32 Å². The molecule has 0 unspecified atom stereocenters. The molecule has 0 fully saturated rings. The van der Waals surface area contributed by atoms with Gasteiger partial charge in [-0.1, -0.05) is 19.4 Å². The first kappa shape index (κ1) is 15.0. The number of hydrogen-bond acceptors (Lipinski definition) is 3. The highest BCUT2D eigenvalue weighted by Gasteiger charge is 2.18. The minimum atomic E-state index is -0.146. The van der Waals surface area contributed by atoms with Crippen LogP contribution in [0.2, 0.25) is 0 Å². The summed E-state index contributed by atoms with van der Waals surface area (Å²) in [6.45, 7) is 10.4. The van der Waals surface area contributed by atoms with Crippen molar-refractivity contribution in [3.05, 3.63) is 33.7 Å². The Hall–Kier alpha value is -1.10. The molecule has 0 saturated heterocycles. The van der Waals surface area contributed by atoms with Gasteiger partial charge in [0.2, 0.25) is 0 Å². The third-order valence-electron chi connectivity index (χ3n) is 2.63. The minimum Gasteiger partial charge on any atom is -0.378 e. The highest BCUT2D eigenvalue weighted by molar-refractivity contribution is 9.10. The van der Waals surface area contributed by atoms with Crippen LogP contribution in [-0.4, -0.2) is 15.3 Å². The molecule has 0 radical (unpaired) electrons. The van der Waals surface area contributed by atoms with Crippen LogP contribution in [0.3, 0.4) is 0 Å². The van der Waals surface area contributed by atoms with Crippen molar-refractivity contribution >= 4 is 21.6 Å². The molecule has 0 saturated carbocycles. The summed E-state index contributed by atoms with van der Waals surface area (Å²) in [5.41, 5.74) is 0.529. The molecule has 1 rings (SSSR count). The standard InChI is InChI=1S/C13H20BrN3O/c1-5-7-13(3,4)16-10-9-15-17(8-6-2)12(18)11(10)14/h6,9,16H,2,5,7-8H2,1,3-4H3. The summed E-state index contributed by atoms with van der Waals surface area (Å²) in [7, 11) is 0. The Morgan fingerprint density at radius 1 is 1.61 bits per heavy atom. The van der Waals surface area contributed by atoms with E-state index in [4.69, 9.17) is 0 Å². The number of nitrogens with one attached hydrogen (secondary N) is 1. The number of hydrogen-bond donors (Lipinski definition) is 1. The van der Waals surface area contributed by atoms with Gasteiger partial charge in [-0.2, -0.15) is 5.10 Å². The van der Waals surface area contributed by atoms with E-state index in [-0.39, 0.29) is 11.1 Å². The molecule has 18 heavy (non-hydrogen) atoms. The van der Waals surface area contributed by atoms with Gasteiger partial charge in [-0.25, -0.2) is 4.68 Å². The van der Waals surface area contributed by atoms with Crippen LogP contribution in [-0.2, 0) is 6.54 Å². The number of anilines is 1. The largest absolute Gasteiger partial charge is 0.378 e. The smallest absolute Gasteiger partial charge is 0.283 e. The van der Waals surface area contributed by atoms with Gasteiger partial charge in [0.05, 0.1) is 18.4 Å². The molecular weight excluding hydrogens is 294 g/mol. The van der Waals surface area contributed by atoms with E-state index in [2.05, 4.69) is 53.7 Å². The van der Waals surface area contributed by atoms with Crippen molar-refractivity contribution in [1.82, 2.24) is 9.78 Å². The monoisotopic (exact) mass is 313 g/mol. The van der Waals surface area contributed by atoms with Gasteiger partial charge in [0, 0.05) is 5.54 Å². The van der Waals surface area contributed by atoms with Crippen molar-refractivity contribution in [2.24, 2.45) is 0 Å². The molecule has 4 nitrogen and oxygen atoms in total. The molecule has 100 valence electrons. The average molecular weight is 314 g/mol. The number of rotatable bonds is 6. The molecule has 0 aliphatic carbocycles. The normalized spacial score (nSPS) is 11.3. The van der Waals surface area contributed by atoms with Crippen molar-refractivity contribution in [1.29, 1.82) is 0 Å². The van der Waals surface area contributed by atoms with Gasteiger partial charge >= 0.3 is 0 Å². The second-order valence-electron chi connectivity index (χ2n) is 4.91. The Bertz CT molecular complexity index is 480. The predicted molar refractivity (Wildman–Crippen MR) is 79.0 cm³/mol. The van der Waals surface area contributed by atoms with Crippen LogP contribution in [0.25, 0.3) is 0 Å². The highest BCUT2D eigenvalue weighted by Crippen LogP contribution is 2.23. The lowest BCUT2D eigenvalue weighted by Crippen LogP contribution is -2.33. The van der Waals surface area contributed by atoms with Gasteiger partial charge in [0.15, 0.2) is 0 Å². The number of aromatic nitrogens is 2. The third kappa shape index (κ3) is 3.70. The molecule has 0 aromatic carbocycles. The summed E-state index contributed by atoms with van der Waals surface area (Å²) in [6.07, 6.45) is 5.43. The summed E-state index contributed by atoms with van der Waals surface area (Å²) >= 11 is 3.33. The van der Waals surface area contributed by atoms with E-state index >= 15 is 0 Å². The fraction of sp³-hybridized carbons (Fsp3) is 0.538. The van der Waals surface area contributed by atoms with Crippen LogP contribution < -0.4 is 10.9 Å². The topological polar surface area (TPSA) is 46.9 Å². The maximum Gasteiger partial charge on any atom is 0.283 e. The summed E-state index contributed by atoms with van der Waals surface area (Å²) in [4.78, 5) is 12.0. The van der Waals surface area contributed by atoms with Gasteiger partial charge in [-0.05, 0) is 36.2 Å². The Kier molecular flexibility index (Phi) is 5.14. The van der Waals surface area contributed by atoms with Crippen LogP contribution in [0.4, 0.5) is 5.69 Å². The molecule has 0 amide bonds. The Balaban J connectivity index is 3.02. The maximum atomic E-state index is 12.0. The van der Waals surface area contributed by atoms with E-state index in [0.29, 0.717) is 11.0 Å². The molecule has 1 aromatic rings. The van der Waals surface area contributed by atoms with Crippen molar-refractivity contribution in [2.45, 2.75) is 45.7 Å². The van der Waals surface area contributed by atoms with E-state index in [1.54, 1.807) is 12.3 Å². The first-order valence-corrected chi connectivity index (χ1v) is 6.85. The maximum absolute atomic E-state index is 12.0. The lowest BCUT2D eigenvalue weighted by atomic mass is 9.99. The van der Waals surface area contributed by atoms with E-state index in [9.17, 15) is 4.79 Å². The Labute approximate surface area is 116 Å². The van der Waals surface area contributed by atoms with Crippen molar-refractivity contribution in [3.63, 3.8) is 0 Å². The van der Waals surface area contributed by atoms with Crippen LogP contribution in [0.5, 0.6) is 0 Å². The molecule has 1 N–H and O–H groups in total. The molecule has 0 spiro atoms. The zero-order valence-electron chi connectivity index (χ0n) is 11.2. The van der Waals surface area contributed by atoms with Gasteiger partial charge in [-0.15, -0.1) is 6.58 Å². The van der Waals surface area contributed by atoms with E-state index in [1.165, 1.54) is 4.68 Å². The van der Waals surface area contributed by atoms with Crippen LogP contribution in [0.15, 0.2) is 28.1 Å². The average Bonchev–Trinajstić information content (AvgIpc) is 2.29. The van der Waals surface area contributed by atoms with Crippen LogP contribution >= 0.6 is 15.9 Å². The Morgan fingerprint density at radius 2 is 2.28 bits per heavy atom. The Morgan fingerprint density at radius 3 is 2.83 bits per heavy atom. The number of halogens is 1. The van der Waals surface area contributed by atoms with Crippen LogP contribution in [0, 0.1) is 0 Å². The van der Waals surface area contributed by atoms with Crippen molar-refractivity contribution in [3.8, 4) is 0 Å². The van der Waals surface area contributed by atoms with Gasteiger partial charge in [0.25, 0.3) is 5.56 Å². The number of nitrogens with zero attached hydrogens (tertiary/aromatic N) is 2. The first-order valence-electron chi connectivity index (χ1n) is 6.06. The number of allylic oxidation sites excluding steroid dienone is 1. The zero-order valence-corrected chi connectivity index (χ0v) is 12.7. The summed E-state index contributed by atoms with van der Waals surface area (Å²) in [5.74, 6) is 0. The highest BCUT2D eigenvalue weighted by atomic mass is 79.9. The lowest BCUT2D eigenvalue weighted by Gasteiger charge is -2.27. The van der Waals surface area contributed by atoms with Gasteiger partial charge in [0.1, 0.15) is 4.47 Å². The fourth-order valence-electron chi connectivity index (χ4n) is 1.86. The molecule has 5 heteroatoms. The molecule has 0 aliphatic heterocycles. The minimum absolute atomic E-state index is 0.0595. The second kappa shape index (κ2) is 6.18. The van der Waals surface area contributed by atoms with E-state index in [0.717, 1.165) is 18.5 Å². The predicted octanol–water partition coefficient (Wildman–Crippen LogP) is 3.18. The molecule has 1 aromatic heterocycles. The summed E-state index contributed by atoms with van der Waals surface area (Å²) < 4.78 is 1.89. The molecule has 0 aliphatic rings. The molecule has 1 heterocycles. The fourth-order valence-corrected chi connectivity index (χ4v) is 2.26. The first-order chi connectivity index (χ1) is 8.41. The molecular formula is C13H20BrN3O. The quantitative estimate of drug-likeness (QED) is 0.820. The van der Waals surface area contributed by atoms with E-state index in [1.807, 2.05) is 0 Å². The van der Waals surface area contributed by atoms with Crippen molar-refractivity contribution in [2.75, 3.05) is 5.32 Å². The van der Waals surface area contributed by atoms with E-state index < -0.39 is 0 Å². The third-order valence-corrected chi connectivity index (χ3v) is 3.40. The SMILES string of the molecule is C=CCn1ncc(NC(C)(C)CCC)c(Br)c1=O. The summed E-state index contributed by atoms with van der Waals surface area (Å²) in [5, 5.41) is 7.46. The lowest BCUT2D eigenvalue weighted by molar-refractivity contribution is 0.509. The molecule has 0 atom stereocenters. The van der Waals surface area contributed by atoms with Crippen molar-refractivity contribution < 1.29 is 0 Å². The van der Waals surface area contributed by atoms with Crippen LogP contribution in [0.1, 0.15) is 33.6 Å². The summed E-state index contributed by atoms with van der Waals surface area (Å²) in [6, 6.07) is 0. The molecule has 0 bridgehead atoms. The zero-order chi connectivity index (χ0) is 13.8.